The van der Waals surface area contributed by atoms with Gasteiger partial charge < -0.3 is 55.1 Å². The summed E-state index contributed by atoms with van der Waals surface area (Å²) in [6.07, 6.45) is -11.2. The van der Waals surface area contributed by atoms with Gasteiger partial charge in [-0.2, -0.15) is 0 Å². The van der Waals surface area contributed by atoms with E-state index in [1.54, 1.807) is 0 Å². The number of hydrogen-bond acceptors (Lipinski definition) is 12. The molecule has 7 atom stereocenters. The van der Waals surface area contributed by atoms with E-state index in [2.05, 4.69) is 0 Å². The fourth-order valence-electron chi connectivity index (χ4n) is 4.22. The predicted octanol–water partition coefficient (Wildman–Crippen LogP) is -0.996. The molecule has 0 aliphatic carbocycles. The van der Waals surface area contributed by atoms with Gasteiger partial charge in [-0.3, -0.25) is 4.79 Å². The van der Waals surface area contributed by atoms with Crippen molar-refractivity contribution in [2.75, 3.05) is 13.7 Å². The quantitative estimate of drug-likeness (QED) is 0.248. The van der Waals surface area contributed by atoms with Crippen LogP contribution in [0.25, 0.3) is 0 Å². The molecular formula is C22H24O12. The van der Waals surface area contributed by atoms with Crippen LogP contribution in [0.4, 0.5) is 0 Å². The molecule has 0 amide bonds. The van der Waals surface area contributed by atoms with Crippen LogP contribution in [-0.4, -0.2) is 90.9 Å². The van der Waals surface area contributed by atoms with Crippen LogP contribution in [0.3, 0.4) is 0 Å². The monoisotopic (exact) mass is 480 g/mol. The summed E-state index contributed by atoms with van der Waals surface area (Å²) in [5.41, 5.74) is -0.469. The number of hydrogen-bond donors (Lipinski definition) is 8. The van der Waals surface area contributed by atoms with E-state index in [0.29, 0.717) is 0 Å². The first-order chi connectivity index (χ1) is 16.1. The number of Topliss-reactive ketones (excluding diaryl/α,β-unsaturated/α-hetero) is 1. The Morgan fingerprint density at radius 3 is 2.24 bits per heavy atom. The molecule has 8 N–H and O–H groups in total. The second-order valence-corrected chi connectivity index (χ2v) is 8.06. The van der Waals surface area contributed by atoms with E-state index in [0.717, 1.165) is 18.2 Å². The molecule has 1 fully saturated rings. The summed E-state index contributed by atoms with van der Waals surface area (Å²) in [5.74, 6) is -2.98. The molecule has 2 heterocycles. The number of carbonyl (C=O) groups is 1. The van der Waals surface area contributed by atoms with Gasteiger partial charge >= 0.3 is 0 Å². The van der Waals surface area contributed by atoms with Crippen molar-refractivity contribution in [3.8, 4) is 28.7 Å². The molecule has 0 spiro atoms. The molecule has 0 radical (unpaired) electrons. The molecule has 2 aliphatic rings. The first kappa shape index (κ1) is 24.0. The summed E-state index contributed by atoms with van der Waals surface area (Å²) in [6.45, 7) is -0.710. The third-order valence-corrected chi connectivity index (χ3v) is 6.03. The van der Waals surface area contributed by atoms with Crippen molar-refractivity contribution >= 4 is 5.78 Å². The van der Waals surface area contributed by atoms with Crippen LogP contribution in [0.2, 0.25) is 0 Å². The molecule has 0 saturated carbocycles. The zero-order valence-electron chi connectivity index (χ0n) is 17.8. The molecule has 7 unspecified atom stereocenters. The van der Waals surface area contributed by atoms with Crippen molar-refractivity contribution in [2.45, 2.75) is 42.7 Å². The van der Waals surface area contributed by atoms with Gasteiger partial charge in [-0.15, -0.1) is 0 Å². The summed E-state index contributed by atoms with van der Waals surface area (Å²) in [4.78, 5) is 13.1. The molecular weight excluding hydrogens is 456 g/mol. The Hall–Kier alpha value is -3.13. The molecule has 2 aromatic rings. The van der Waals surface area contributed by atoms with Crippen molar-refractivity contribution in [3.63, 3.8) is 0 Å². The van der Waals surface area contributed by atoms with Gasteiger partial charge in [-0.05, 0) is 17.7 Å². The van der Waals surface area contributed by atoms with E-state index in [9.17, 15) is 45.6 Å². The molecule has 0 aromatic heterocycles. The summed E-state index contributed by atoms with van der Waals surface area (Å²) in [5, 5.41) is 81.1. The van der Waals surface area contributed by atoms with E-state index < -0.39 is 77.9 Å². The Kier molecular flexibility index (Phi) is 6.29. The predicted molar refractivity (Wildman–Crippen MR) is 111 cm³/mol. The normalized spacial score (nSPS) is 31.0. The maximum atomic E-state index is 13.1. The molecule has 184 valence electrons. The lowest BCUT2D eigenvalue weighted by Gasteiger charge is -2.42. The minimum Gasteiger partial charge on any atom is -0.507 e. The topological polar surface area (TPSA) is 207 Å². The van der Waals surface area contributed by atoms with Crippen LogP contribution < -0.4 is 9.47 Å². The van der Waals surface area contributed by atoms with Crippen molar-refractivity contribution in [1.29, 1.82) is 0 Å². The number of fused-ring (bicyclic) bond motifs is 1. The zero-order valence-corrected chi connectivity index (χ0v) is 17.8. The van der Waals surface area contributed by atoms with Crippen LogP contribution >= 0.6 is 0 Å². The Morgan fingerprint density at radius 1 is 0.912 bits per heavy atom. The van der Waals surface area contributed by atoms with E-state index >= 15 is 0 Å². The number of aliphatic hydroxyl groups excluding tert-OH is 5. The average molecular weight is 480 g/mol. The van der Waals surface area contributed by atoms with E-state index in [4.69, 9.17) is 14.2 Å². The fraction of sp³-hybridized carbons (Fsp3) is 0.409. The highest BCUT2D eigenvalue weighted by Gasteiger charge is 2.49. The van der Waals surface area contributed by atoms with Crippen LogP contribution in [0.15, 0.2) is 24.3 Å². The first-order valence-corrected chi connectivity index (χ1v) is 10.3. The largest absolute Gasteiger partial charge is 0.507 e. The molecule has 2 aliphatic heterocycles. The maximum Gasteiger partial charge on any atom is 0.202 e. The Labute approximate surface area is 192 Å². The van der Waals surface area contributed by atoms with E-state index in [-0.39, 0.29) is 22.6 Å². The number of aliphatic hydroxyl groups is 5. The lowest BCUT2D eigenvalue weighted by atomic mass is 9.86. The van der Waals surface area contributed by atoms with Crippen LogP contribution in [-0.2, 0) is 4.74 Å². The number of methoxy groups -OCH3 is 1. The van der Waals surface area contributed by atoms with Crippen LogP contribution in [0, 0.1) is 0 Å². The smallest absolute Gasteiger partial charge is 0.202 e. The summed E-state index contributed by atoms with van der Waals surface area (Å²) in [7, 11) is 1.23. The van der Waals surface area contributed by atoms with Gasteiger partial charge in [0.1, 0.15) is 53.3 Å². The van der Waals surface area contributed by atoms with Gasteiger partial charge in [0, 0.05) is 6.07 Å². The van der Waals surface area contributed by atoms with E-state index in [1.807, 2.05) is 0 Å². The zero-order chi connectivity index (χ0) is 24.9. The Balaban J connectivity index is 1.89. The molecule has 4 rings (SSSR count). The molecule has 12 nitrogen and oxygen atoms in total. The Bertz CT molecular complexity index is 1100. The molecule has 1 saturated heterocycles. The van der Waals surface area contributed by atoms with Gasteiger partial charge in [0.15, 0.2) is 23.7 Å². The number of ketones is 1. The SMILES string of the molecule is COc1cc(O)c2c(c1C1OC(CO)C(O)C(O)C1O)OC(c1ccc(O)c(O)c1)C(O)C2=O. The van der Waals surface area contributed by atoms with Crippen molar-refractivity contribution < 1.29 is 59.9 Å². The number of phenols is 3. The molecule has 2 aromatic carbocycles. The minimum absolute atomic E-state index is 0.101. The standard InChI is InChI=1S/C22H24O12/c1-32-11-5-10(26)13-16(28)18(30)20(7-2-3-8(24)9(25)4-7)34-21(13)14(11)22-19(31)17(29)15(27)12(6-23)33-22/h2-5,12,15,17-20,22-27,29-31H,6H2,1H3. The van der Waals surface area contributed by atoms with Crippen LogP contribution in [0.1, 0.15) is 33.7 Å². The second kappa shape index (κ2) is 8.91. The minimum atomic E-state index is -1.82. The number of phenolic OH excluding ortho intramolecular Hbond substituents is 3. The van der Waals surface area contributed by atoms with Crippen molar-refractivity contribution in [3.05, 3.63) is 41.0 Å². The summed E-state index contributed by atoms with van der Waals surface area (Å²) < 4.78 is 16.8. The molecule has 34 heavy (non-hydrogen) atoms. The number of benzene rings is 2. The van der Waals surface area contributed by atoms with Crippen molar-refractivity contribution in [1.82, 2.24) is 0 Å². The van der Waals surface area contributed by atoms with Gasteiger partial charge in [0.05, 0.1) is 19.3 Å². The number of aromatic hydroxyl groups is 3. The van der Waals surface area contributed by atoms with Gasteiger partial charge in [-0.25, -0.2) is 0 Å². The fourth-order valence-corrected chi connectivity index (χ4v) is 4.22. The van der Waals surface area contributed by atoms with E-state index in [1.165, 1.54) is 13.2 Å². The third kappa shape index (κ3) is 3.70. The highest BCUT2D eigenvalue weighted by Crippen LogP contribution is 2.51. The summed E-state index contributed by atoms with van der Waals surface area (Å²) in [6, 6.07) is 4.54. The molecule has 12 heteroatoms. The second-order valence-electron chi connectivity index (χ2n) is 8.06. The highest BCUT2D eigenvalue weighted by molar-refractivity contribution is 6.06. The third-order valence-electron chi connectivity index (χ3n) is 6.03. The van der Waals surface area contributed by atoms with Crippen LogP contribution in [0.5, 0.6) is 28.7 Å². The van der Waals surface area contributed by atoms with Gasteiger partial charge in [0.2, 0.25) is 5.78 Å². The number of rotatable bonds is 4. The highest BCUT2D eigenvalue weighted by atomic mass is 16.6. The summed E-state index contributed by atoms with van der Waals surface area (Å²) >= 11 is 0. The number of ether oxygens (including phenoxy) is 3. The Morgan fingerprint density at radius 2 is 1.62 bits per heavy atom. The lowest BCUT2D eigenvalue weighted by molar-refractivity contribution is -0.232. The molecule has 0 bridgehead atoms. The number of carbonyl (C=O) groups excluding carboxylic acids is 1. The first-order valence-electron chi connectivity index (χ1n) is 10.3. The average Bonchev–Trinajstić information content (AvgIpc) is 2.82. The van der Waals surface area contributed by atoms with Gasteiger partial charge in [0.25, 0.3) is 0 Å². The van der Waals surface area contributed by atoms with Gasteiger partial charge in [-0.1, -0.05) is 6.07 Å². The van der Waals surface area contributed by atoms with Crippen molar-refractivity contribution in [2.24, 2.45) is 0 Å². The maximum absolute atomic E-state index is 13.1. The lowest BCUT2D eigenvalue weighted by Crippen LogP contribution is -2.55.